The molecule has 0 atom stereocenters. The van der Waals surface area contributed by atoms with Crippen molar-refractivity contribution >= 4 is 15.7 Å². The third-order valence-electron chi connectivity index (χ3n) is 5.30. The molecule has 7 heteroatoms. The normalized spacial score (nSPS) is 19.9. The van der Waals surface area contributed by atoms with Gasteiger partial charge in [-0.3, -0.25) is 4.98 Å². The van der Waals surface area contributed by atoms with Crippen LogP contribution < -0.4 is 14.8 Å². The quantitative estimate of drug-likeness (QED) is 0.703. The van der Waals surface area contributed by atoms with Crippen molar-refractivity contribution < 1.29 is 13.2 Å². The van der Waals surface area contributed by atoms with E-state index in [0.717, 1.165) is 54.9 Å². The molecule has 3 rings (SSSR count). The van der Waals surface area contributed by atoms with Crippen molar-refractivity contribution in [3.05, 3.63) is 42.6 Å². The van der Waals surface area contributed by atoms with Crippen LogP contribution in [0.5, 0.6) is 5.75 Å². The van der Waals surface area contributed by atoms with Crippen LogP contribution in [0.3, 0.4) is 0 Å². The Morgan fingerprint density at radius 2 is 1.93 bits per heavy atom. The molecule has 1 aromatic heterocycles. The van der Waals surface area contributed by atoms with Gasteiger partial charge in [0.1, 0.15) is 5.75 Å². The van der Waals surface area contributed by atoms with Gasteiger partial charge >= 0.3 is 0 Å². The molecule has 2 N–H and O–H groups in total. The van der Waals surface area contributed by atoms with Crippen molar-refractivity contribution in [2.24, 2.45) is 5.92 Å². The second kappa shape index (κ2) is 9.39. The minimum atomic E-state index is -3.11. The zero-order valence-corrected chi connectivity index (χ0v) is 17.3. The van der Waals surface area contributed by atoms with E-state index in [4.69, 9.17) is 4.74 Å². The first-order chi connectivity index (χ1) is 13.5. The van der Waals surface area contributed by atoms with E-state index < -0.39 is 10.0 Å². The predicted octanol–water partition coefficient (Wildman–Crippen LogP) is 3.67. The Hall–Kier alpha value is -2.12. The number of nitrogens with one attached hydrogen (secondary N) is 2. The standard InChI is InChI=1S/C21H29N3O3S/c1-3-28(25,26)24-18-9-7-16(8-10-18)14-22-19-11-12-21(23-15-19)17-5-4-6-20(13-17)27-2/h4-6,11-13,15-16,18,22,24H,3,7-10,14H2,1-2H3. The highest BCUT2D eigenvalue weighted by Crippen LogP contribution is 2.26. The molecular weight excluding hydrogens is 374 g/mol. The fourth-order valence-corrected chi connectivity index (χ4v) is 4.45. The van der Waals surface area contributed by atoms with Crippen LogP contribution in [0.15, 0.2) is 42.6 Å². The van der Waals surface area contributed by atoms with E-state index in [9.17, 15) is 8.42 Å². The molecule has 1 aromatic carbocycles. The number of sulfonamides is 1. The fourth-order valence-electron chi connectivity index (χ4n) is 3.54. The maximum absolute atomic E-state index is 11.7. The maximum Gasteiger partial charge on any atom is 0.211 e. The molecule has 1 fully saturated rings. The monoisotopic (exact) mass is 403 g/mol. The van der Waals surface area contributed by atoms with Crippen LogP contribution in [0, 0.1) is 5.92 Å². The number of methoxy groups -OCH3 is 1. The molecule has 0 spiro atoms. The molecule has 6 nitrogen and oxygen atoms in total. The lowest BCUT2D eigenvalue weighted by Gasteiger charge is -2.29. The Kier molecular flexibility index (Phi) is 6.91. The van der Waals surface area contributed by atoms with E-state index >= 15 is 0 Å². The first kappa shape index (κ1) is 20.6. The summed E-state index contributed by atoms with van der Waals surface area (Å²) in [6.45, 7) is 2.55. The van der Waals surface area contributed by atoms with E-state index in [1.807, 2.05) is 42.6 Å². The van der Waals surface area contributed by atoms with Gasteiger partial charge in [-0.05, 0) is 62.8 Å². The SMILES string of the molecule is CCS(=O)(=O)NC1CCC(CNc2ccc(-c3cccc(OC)c3)nc2)CC1. The van der Waals surface area contributed by atoms with Crippen molar-refractivity contribution in [1.82, 2.24) is 9.71 Å². The third kappa shape index (κ3) is 5.69. The molecule has 0 aliphatic heterocycles. The summed E-state index contributed by atoms with van der Waals surface area (Å²) in [6, 6.07) is 12.0. The summed E-state index contributed by atoms with van der Waals surface area (Å²) in [4.78, 5) is 4.56. The lowest BCUT2D eigenvalue weighted by molar-refractivity contribution is 0.324. The Morgan fingerprint density at radius 1 is 1.14 bits per heavy atom. The van der Waals surface area contributed by atoms with Gasteiger partial charge in [0.25, 0.3) is 0 Å². The smallest absolute Gasteiger partial charge is 0.211 e. The van der Waals surface area contributed by atoms with Gasteiger partial charge in [-0.15, -0.1) is 0 Å². The van der Waals surface area contributed by atoms with Crippen LogP contribution in [0.4, 0.5) is 5.69 Å². The average Bonchev–Trinajstić information content (AvgIpc) is 2.73. The van der Waals surface area contributed by atoms with E-state index in [-0.39, 0.29) is 11.8 Å². The molecular formula is C21H29N3O3S. The molecule has 1 aliphatic rings. The molecule has 0 radical (unpaired) electrons. The summed E-state index contributed by atoms with van der Waals surface area (Å²) in [7, 11) is -1.45. The van der Waals surface area contributed by atoms with E-state index in [2.05, 4.69) is 15.0 Å². The van der Waals surface area contributed by atoms with Crippen LogP contribution in [0.1, 0.15) is 32.6 Å². The number of hydrogen-bond donors (Lipinski definition) is 2. The number of anilines is 1. The summed E-state index contributed by atoms with van der Waals surface area (Å²) in [5, 5.41) is 3.46. The predicted molar refractivity (Wildman–Crippen MR) is 113 cm³/mol. The molecule has 152 valence electrons. The van der Waals surface area contributed by atoms with Gasteiger partial charge in [0.05, 0.1) is 30.4 Å². The number of benzene rings is 1. The average molecular weight is 404 g/mol. The molecule has 0 amide bonds. The zero-order chi connectivity index (χ0) is 20.0. The fraction of sp³-hybridized carbons (Fsp3) is 0.476. The minimum Gasteiger partial charge on any atom is -0.497 e. The Labute approximate surface area is 167 Å². The third-order valence-corrected chi connectivity index (χ3v) is 6.75. The largest absolute Gasteiger partial charge is 0.497 e. The van der Waals surface area contributed by atoms with Crippen LogP contribution in [-0.4, -0.2) is 38.9 Å². The van der Waals surface area contributed by atoms with E-state index in [0.29, 0.717) is 5.92 Å². The summed E-state index contributed by atoms with van der Waals surface area (Å²) in [6.07, 6.45) is 5.71. The molecule has 0 unspecified atom stereocenters. The first-order valence-corrected chi connectivity index (χ1v) is 11.5. The van der Waals surface area contributed by atoms with Gasteiger partial charge in [-0.2, -0.15) is 0 Å². The molecule has 1 aliphatic carbocycles. The first-order valence-electron chi connectivity index (χ1n) is 9.83. The van der Waals surface area contributed by atoms with Gasteiger partial charge < -0.3 is 10.1 Å². The van der Waals surface area contributed by atoms with Gasteiger partial charge in [0.2, 0.25) is 10.0 Å². The van der Waals surface area contributed by atoms with Crippen molar-refractivity contribution in [3.8, 4) is 17.0 Å². The molecule has 0 saturated heterocycles. The number of rotatable bonds is 8. The Morgan fingerprint density at radius 3 is 2.57 bits per heavy atom. The van der Waals surface area contributed by atoms with Crippen LogP contribution in [0.25, 0.3) is 11.3 Å². The highest BCUT2D eigenvalue weighted by atomic mass is 32.2. The summed E-state index contributed by atoms with van der Waals surface area (Å²) in [5.41, 5.74) is 2.94. The Bertz CT molecular complexity index is 861. The van der Waals surface area contributed by atoms with Crippen LogP contribution in [0.2, 0.25) is 0 Å². The lowest BCUT2D eigenvalue weighted by atomic mass is 9.86. The number of ether oxygens (including phenoxy) is 1. The topological polar surface area (TPSA) is 80.3 Å². The van der Waals surface area contributed by atoms with Gasteiger partial charge in [0.15, 0.2) is 0 Å². The van der Waals surface area contributed by atoms with Crippen molar-refractivity contribution in [2.75, 3.05) is 24.7 Å². The number of aromatic nitrogens is 1. The molecule has 2 aromatic rings. The van der Waals surface area contributed by atoms with Crippen molar-refractivity contribution in [3.63, 3.8) is 0 Å². The summed E-state index contributed by atoms with van der Waals surface area (Å²) < 4.78 is 31.4. The van der Waals surface area contributed by atoms with Crippen molar-refractivity contribution in [2.45, 2.75) is 38.6 Å². The summed E-state index contributed by atoms with van der Waals surface area (Å²) >= 11 is 0. The number of nitrogens with zero attached hydrogens (tertiary/aromatic N) is 1. The van der Waals surface area contributed by atoms with E-state index in [1.165, 1.54) is 0 Å². The van der Waals surface area contributed by atoms with Crippen molar-refractivity contribution in [1.29, 1.82) is 0 Å². The second-order valence-corrected chi connectivity index (χ2v) is 9.33. The van der Waals surface area contributed by atoms with E-state index in [1.54, 1.807) is 14.0 Å². The van der Waals surface area contributed by atoms with Crippen LogP contribution >= 0.6 is 0 Å². The molecule has 28 heavy (non-hydrogen) atoms. The number of hydrogen-bond acceptors (Lipinski definition) is 5. The molecule has 0 bridgehead atoms. The van der Waals surface area contributed by atoms with Crippen LogP contribution in [-0.2, 0) is 10.0 Å². The van der Waals surface area contributed by atoms with Gasteiger partial charge in [-0.25, -0.2) is 13.1 Å². The maximum atomic E-state index is 11.7. The minimum absolute atomic E-state index is 0.0880. The molecule has 1 saturated carbocycles. The lowest BCUT2D eigenvalue weighted by Crippen LogP contribution is -2.39. The number of pyridine rings is 1. The Balaban J connectivity index is 1.48. The summed E-state index contributed by atoms with van der Waals surface area (Å²) in [5.74, 6) is 1.52. The van der Waals surface area contributed by atoms with Gasteiger partial charge in [0, 0.05) is 18.2 Å². The second-order valence-electron chi connectivity index (χ2n) is 7.28. The molecule has 1 heterocycles. The van der Waals surface area contributed by atoms with Gasteiger partial charge in [-0.1, -0.05) is 12.1 Å². The highest BCUT2D eigenvalue weighted by Gasteiger charge is 2.23. The highest BCUT2D eigenvalue weighted by molar-refractivity contribution is 7.89. The zero-order valence-electron chi connectivity index (χ0n) is 16.5.